The van der Waals surface area contributed by atoms with Crippen LogP contribution < -0.4 is 45.1 Å². The minimum absolute atomic E-state index is 0. The average molecular weight is 1060 g/mol. The fourth-order valence-electron chi connectivity index (χ4n) is 4.37. The van der Waals surface area contributed by atoms with Gasteiger partial charge in [0.25, 0.3) is 0 Å². The smallest absolute Gasteiger partial charge is 0.870 e. The van der Waals surface area contributed by atoms with Crippen molar-refractivity contribution < 1.29 is 63.9 Å². The number of aryl methyl sites for hydroxylation is 6. The molecule has 0 unspecified atom stereocenters. The molecule has 2 amide bonds. The zero-order valence-corrected chi connectivity index (χ0v) is 43.7. The summed E-state index contributed by atoms with van der Waals surface area (Å²) in [6, 6.07) is 12.2. The molecular weight excluding hydrogens is 989 g/mol. The number of amides is 2. The molecule has 0 saturated heterocycles. The van der Waals surface area contributed by atoms with Crippen molar-refractivity contribution >= 4 is 92.6 Å². The fourth-order valence-corrected chi connectivity index (χ4v) is 5.38. The number of benzene rings is 3. The summed E-state index contributed by atoms with van der Waals surface area (Å²) < 4.78 is 18.0. The van der Waals surface area contributed by atoms with Gasteiger partial charge in [-0.3, -0.25) is 9.59 Å². The number of aliphatic hydroxyl groups is 1. The van der Waals surface area contributed by atoms with E-state index >= 15 is 0 Å². The van der Waals surface area contributed by atoms with Crippen LogP contribution in [0, 0.1) is 49.0 Å². The van der Waals surface area contributed by atoms with E-state index in [1.165, 1.54) is 22.5 Å². The van der Waals surface area contributed by atoms with E-state index in [1.807, 2.05) is 52.0 Å². The van der Waals surface area contributed by atoms with Crippen LogP contribution in [0.25, 0.3) is 0 Å². The van der Waals surface area contributed by atoms with Gasteiger partial charge in [-0.1, -0.05) is 71.1 Å². The van der Waals surface area contributed by atoms with Gasteiger partial charge < -0.3 is 47.8 Å². The summed E-state index contributed by atoms with van der Waals surface area (Å²) in [7, 11) is 5.03. The molecule has 0 heterocycles. The number of methoxy groups -OCH3 is 3. The van der Waals surface area contributed by atoms with Gasteiger partial charge in [-0.2, -0.15) is 0 Å². The first-order valence-corrected chi connectivity index (χ1v) is 20.2. The third-order valence-electron chi connectivity index (χ3n) is 6.74. The Morgan fingerprint density at radius 3 is 1.32 bits per heavy atom. The second-order valence-corrected chi connectivity index (χ2v) is 14.7. The minimum Gasteiger partial charge on any atom is -0.870 e. The molecule has 15 heteroatoms. The van der Waals surface area contributed by atoms with Crippen molar-refractivity contribution in [2.45, 2.75) is 69.7 Å². The summed E-state index contributed by atoms with van der Waals surface area (Å²) >= 11 is 13.7. The number of halogens is 4. The van der Waals surface area contributed by atoms with Gasteiger partial charge in [0.2, 0.25) is 11.8 Å². The van der Waals surface area contributed by atoms with Gasteiger partial charge in [-0.15, -0.1) is 0 Å². The molecule has 318 valence electrons. The van der Waals surface area contributed by atoms with Crippen LogP contribution in [-0.4, -0.2) is 88.6 Å². The maximum absolute atomic E-state index is 11.6. The molecule has 0 radical (unpaired) electrons. The topological polar surface area (TPSA) is 139 Å². The maximum atomic E-state index is 11.6. The van der Waals surface area contributed by atoms with E-state index in [1.54, 1.807) is 40.1 Å². The Labute approximate surface area is 395 Å². The molecule has 0 aliphatic carbocycles. The van der Waals surface area contributed by atoms with Crippen LogP contribution >= 0.6 is 63.7 Å². The third-order valence-corrected chi connectivity index (χ3v) is 10.8. The standard InChI is InChI=1S/C13H18BrNO2.C11H16BrNO.C10H12BrNO.C3H7BrO.C2H6O.CH4.CH3.Na.H2O/c1-9-7-12(8-10(2)13(9)14)15(11(3)16)5-6-17-4;1-8-6-10(13-4-5-14-3)7-9(2)11(8)12;1-6-4-9(12-8(3)13)5-7(2)10(6)11;1-5-3-2-4;1-2-3;;;;/h7-8H,5-6H2,1-4H3;6-7,13H,4-5H2,1-3H3;4-5H,1-3H3,(H,12,13);2-3H2,1H3;3H,2H2,1H3;1H4;1H3;;1H2/q;;;;;;-1;+1;/p-1. The normalized spacial score (nSPS) is 9.09. The monoisotopic (exact) mass is 1050 g/mol. The largest absolute Gasteiger partial charge is 1.00 e. The van der Waals surface area contributed by atoms with Gasteiger partial charge in [0, 0.05) is 90.7 Å². The number of alkyl halides is 1. The summed E-state index contributed by atoms with van der Waals surface area (Å²) in [5.74, 6) is -0.00991. The summed E-state index contributed by atoms with van der Waals surface area (Å²) in [6.07, 6.45) is 0. The number of anilines is 3. The number of nitrogens with zero attached hydrogens (tertiary/aromatic N) is 1. The predicted molar refractivity (Wildman–Crippen MR) is 249 cm³/mol. The SMILES string of the molecule is C.CC(=O)Nc1cc(C)c(Br)c(C)c1.CCO.COCCBr.COCCN(C(C)=O)c1cc(C)c(Br)c(C)c1.COCCNc1cc(C)c(Br)c(C)c1.[CH3-].[Na+].[OH-]. The van der Waals surface area contributed by atoms with Crippen LogP contribution in [0.2, 0.25) is 0 Å². The molecule has 56 heavy (non-hydrogen) atoms. The number of rotatable bonds is 11. The van der Waals surface area contributed by atoms with Crippen LogP contribution in [0.5, 0.6) is 0 Å². The Balaban J connectivity index is -0.000000148. The van der Waals surface area contributed by atoms with E-state index in [9.17, 15) is 9.59 Å². The minimum atomic E-state index is -0.0406. The number of carbonyl (C=O) groups excluding carboxylic acids is 2. The van der Waals surface area contributed by atoms with E-state index in [0.29, 0.717) is 13.2 Å². The zero-order chi connectivity index (χ0) is 40.4. The Bertz CT molecular complexity index is 1430. The van der Waals surface area contributed by atoms with E-state index in [4.69, 9.17) is 14.6 Å². The van der Waals surface area contributed by atoms with Gasteiger partial charge in [0.15, 0.2) is 0 Å². The number of hydrogen-bond donors (Lipinski definition) is 3. The van der Waals surface area contributed by atoms with E-state index in [-0.39, 0.29) is 68.3 Å². The molecule has 0 bridgehead atoms. The Morgan fingerprint density at radius 2 is 1.04 bits per heavy atom. The van der Waals surface area contributed by atoms with Gasteiger partial charge in [0.05, 0.1) is 19.8 Å². The van der Waals surface area contributed by atoms with E-state index < -0.39 is 0 Å². The van der Waals surface area contributed by atoms with Crippen molar-refractivity contribution in [1.29, 1.82) is 0 Å². The predicted octanol–water partition coefficient (Wildman–Crippen LogP) is 8.15. The number of hydrogen-bond acceptors (Lipinski definition) is 8. The van der Waals surface area contributed by atoms with Crippen molar-refractivity contribution in [3.63, 3.8) is 0 Å². The molecule has 3 aromatic carbocycles. The molecule has 0 saturated carbocycles. The third kappa shape index (κ3) is 29.3. The quantitative estimate of drug-likeness (QED) is 0.0758. The molecule has 10 nitrogen and oxygen atoms in total. The second kappa shape index (κ2) is 39.6. The number of carbonyl (C=O) groups is 2. The molecule has 0 aromatic heterocycles. The van der Waals surface area contributed by atoms with Gasteiger partial charge in [-0.05, 0) is 118 Å². The Hall–Kier alpha value is -0.880. The molecule has 3 rings (SSSR count). The molecule has 0 fully saturated rings. The van der Waals surface area contributed by atoms with Gasteiger partial charge >= 0.3 is 29.6 Å². The van der Waals surface area contributed by atoms with Crippen LogP contribution in [0.1, 0.15) is 61.6 Å². The molecule has 0 aliphatic rings. The van der Waals surface area contributed by atoms with Crippen LogP contribution in [-0.2, 0) is 23.8 Å². The van der Waals surface area contributed by atoms with E-state index in [2.05, 4.69) is 105 Å². The number of ether oxygens (including phenoxy) is 3. The summed E-state index contributed by atoms with van der Waals surface area (Å²) in [4.78, 5) is 24.1. The first-order valence-electron chi connectivity index (χ1n) is 16.7. The van der Waals surface area contributed by atoms with Crippen molar-refractivity contribution in [1.82, 2.24) is 0 Å². The maximum Gasteiger partial charge on any atom is 1.00 e. The van der Waals surface area contributed by atoms with Crippen LogP contribution in [0.3, 0.4) is 0 Å². The van der Waals surface area contributed by atoms with E-state index in [0.717, 1.165) is 73.4 Å². The summed E-state index contributed by atoms with van der Waals surface area (Å²) in [5, 5.41) is 14.6. The van der Waals surface area contributed by atoms with Crippen molar-refractivity contribution in [3.05, 3.63) is 90.6 Å². The van der Waals surface area contributed by atoms with Crippen molar-refractivity contribution in [2.75, 3.05) is 81.7 Å². The number of aliphatic hydroxyl groups excluding tert-OH is 1. The fraction of sp³-hybridized carbons (Fsp3) is 0.488. The van der Waals surface area contributed by atoms with Crippen LogP contribution in [0.4, 0.5) is 17.1 Å². The molecule has 0 aliphatic heterocycles. The van der Waals surface area contributed by atoms with Crippen molar-refractivity contribution in [2.24, 2.45) is 0 Å². The summed E-state index contributed by atoms with van der Waals surface area (Å²) in [5.41, 5.74) is 9.95. The first kappa shape index (κ1) is 66.9. The first-order chi connectivity index (χ1) is 24.4. The molecule has 3 aromatic rings. The number of nitrogens with one attached hydrogen (secondary N) is 2. The molecule has 0 spiro atoms. The van der Waals surface area contributed by atoms with Gasteiger partial charge in [0.1, 0.15) is 0 Å². The molecular formula is C41H67Br4N3NaO7-. The Morgan fingerprint density at radius 1 is 0.696 bits per heavy atom. The zero-order valence-electron chi connectivity index (χ0n) is 35.3. The Kier molecular flexibility index (Phi) is 47.3. The molecule has 0 atom stereocenters. The second-order valence-electron chi connectivity index (χ2n) is 11.5. The van der Waals surface area contributed by atoms with Crippen LogP contribution in [0.15, 0.2) is 49.8 Å². The average Bonchev–Trinajstić information content (AvgIpc) is 3.06. The summed E-state index contributed by atoms with van der Waals surface area (Å²) in [6.45, 7) is 20.7. The van der Waals surface area contributed by atoms with Crippen molar-refractivity contribution in [3.8, 4) is 0 Å². The molecule has 4 N–H and O–H groups in total. The van der Waals surface area contributed by atoms with Gasteiger partial charge in [-0.25, -0.2) is 0 Å².